The van der Waals surface area contributed by atoms with Crippen molar-refractivity contribution in [2.45, 2.75) is 26.1 Å². The van der Waals surface area contributed by atoms with Gasteiger partial charge in [0.25, 0.3) is 0 Å². The van der Waals surface area contributed by atoms with Crippen LogP contribution in [-0.2, 0) is 16.1 Å². The molecule has 118 valence electrons. The fraction of sp³-hybridized carbons (Fsp3) is 0.211. The molecule has 0 atom stereocenters. The van der Waals surface area contributed by atoms with Crippen molar-refractivity contribution >= 4 is 27.5 Å². The lowest BCUT2D eigenvalue weighted by atomic mass is 10.1. The highest BCUT2D eigenvalue weighted by Gasteiger charge is 2.41. The number of rotatable bonds is 4. The number of Topliss-reactive ketones (excluding diaryl/α,β-unsaturated/α-hetero) is 1. The maximum Gasteiger partial charge on any atom is 0.216 e. The SMILES string of the molecule is CC1(C)OC(c2ccc(OCc3ccccc3)cc2)=C(Br)C1=O. The second kappa shape index (κ2) is 6.20. The second-order valence-corrected chi connectivity index (χ2v) is 6.68. The van der Waals surface area contributed by atoms with Gasteiger partial charge in [-0.3, -0.25) is 4.79 Å². The molecule has 0 N–H and O–H groups in total. The third-order valence-corrected chi connectivity index (χ3v) is 4.39. The van der Waals surface area contributed by atoms with Crippen LogP contribution in [0.1, 0.15) is 25.0 Å². The highest BCUT2D eigenvalue weighted by molar-refractivity contribution is 9.12. The number of carbonyl (C=O) groups is 1. The minimum Gasteiger partial charge on any atom is -0.489 e. The van der Waals surface area contributed by atoms with Gasteiger partial charge in [-0.2, -0.15) is 0 Å². The fourth-order valence-corrected chi connectivity index (χ4v) is 3.13. The molecule has 0 aliphatic carbocycles. The summed E-state index contributed by atoms with van der Waals surface area (Å²) in [5.74, 6) is 1.31. The lowest BCUT2D eigenvalue weighted by Crippen LogP contribution is -2.28. The molecular formula is C19H17BrO3. The van der Waals surface area contributed by atoms with Crippen molar-refractivity contribution in [2.24, 2.45) is 0 Å². The topological polar surface area (TPSA) is 35.5 Å². The summed E-state index contributed by atoms with van der Waals surface area (Å²) in [5, 5.41) is 0. The molecule has 0 bridgehead atoms. The summed E-state index contributed by atoms with van der Waals surface area (Å²) in [6.07, 6.45) is 0. The lowest BCUT2D eigenvalue weighted by molar-refractivity contribution is -0.125. The van der Waals surface area contributed by atoms with E-state index in [-0.39, 0.29) is 5.78 Å². The van der Waals surface area contributed by atoms with Crippen LogP contribution in [0, 0.1) is 0 Å². The highest BCUT2D eigenvalue weighted by Crippen LogP contribution is 2.39. The summed E-state index contributed by atoms with van der Waals surface area (Å²) >= 11 is 3.34. The molecule has 4 heteroatoms. The van der Waals surface area contributed by atoms with E-state index in [1.54, 1.807) is 13.8 Å². The van der Waals surface area contributed by atoms with Crippen molar-refractivity contribution in [1.82, 2.24) is 0 Å². The van der Waals surface area contributed by atoms with Gasteiger partial charge in [0.05, 0.1) is 0 Å². The second-order valence-electron chi connectivity index (χ2n) is 5.88. The first-order chi connectivity index (χ1) is 11.0. The minimum atomic E-state index is -0.823. The van der Waals surface area contributed by atoms with Crippen LogP contribution in [0.15, 0.2) is 59.1 Å². The summed E-state index contributed by atoms with van der Waals surface area (Å²) in [7, 11) is 0. The van der Waals surface area contributed by atoms with Crippen molar-refractivity contribution in [3.05, 3.63) is 70.2 Å². The molecule has 0 saturated carbocycles. The summed E-state index contributed by atoms with van der Waals surface area (Å²) in [5.41, 5.74) is 1.15. The Hall–Kier alpha value is -2.07. The Morgan fingerprint density at radius 1 is 1.04 bits per heavy atom. The van der Waals surface area contributed by atoms with Gasteiger partial charge in [0.15, 0.2) is 5.60 Å². The van der Waals surface area contributed by atoms with Gasteiger partial charge in [0.2, 0.25) is 5.78 Å². The van der Waals surface area contributed by atoms with E-state index in [0.29, 0.717) is 16.8 Å². The molecule has 0 aromatic heterocycles. The normalized spacial score (nSPS) is 16.4. The molecule has 0 radical (unpaired) electrons. The molecule has 23 heavy (non-hydrogen) atoms. The number of benzene rings is 2. The zero-order chi connectivity index (χ0) is 16.4. The average Bonchev–Trinajstić information content (AvgIpc) is 2.78. The van der Waals surface area contributed by atoms with E-state index in [4.69, 9.17) is 9.47 Å². The van der Waals surface area contributed by atoms with E-state index in [9.17, 15) is 4.79 Å². The van der Waals surface area contributed by atoms with Gasteiger partial charge in [-0.25, -0.2) is 0 Å². The molecule has 0 amide bonds. The number of halogens is 1. The Labute approximate surface area is 144 Å². The van der Waals surface area contributed by atoms with Crippen LogP contribution < -0.4 is 4.74 Å². The van der Waals surface area contributed by atoms with Crippen molar-refractivity contribution in [1.29, 1.82) is 0 Å². The van der Waals surface area contributed by atoms with Crippen LogP contribution in [0.5, 0.6) is 5.75 Å². The molecule has 0 unspecified atom stereocenters. The number of ketones is 1. The minimum absolute atomic E-state index is 0.0445. The molecule has 0 fully saturated rings. The van der Waals surface area contributed by atoms with E-state index in [1.807, 2.05) is 54.6 Å². The summed E-state index contributed by atoms with van der Waals surface area (Å²) in [4.78, 5) is 12.1. The van der Waals surface area contributed by atoms with Gasteiger partial charge < -0.3 is 9.47 Å². The first-order valence-corrected chi connectivity index (χ1v) is 8.17. The van der Waals surface area contributed by atoms with Crippen molar-refractivity contribution in [2.75, 3.05) is 0 Å². The molecule has 1 heterocycles. The first kappa shape index (κ1) is 15.8. The van der Waals surface area contributed by atoms with E-state index in [0.717, 1.165) is 16.9 Å². The first-order valence-electron chi connectivity index (χ1n) is 7.38. The Morgan fingerprint density at radius 3 is 2.26 bits per heavy atom. The van der Waals surface area contributed by atoms with E-state index >= 15 is 0 Å². The largest absolute Gasteiger partial charge is 0.489 e. The smallest absolute Gasteiger partial charge is 0.216 e. The number of carbonyl (C=O) groups excluding carboxylic acids is 1. The predicted octanol–water partition coefficient (Wildman–Crippen LogP) is 4.71. The Kier molecular flexibility index (Phi) is 4.26. The zero-order valence-corrected chi connectivity index (χ0v) is 14.6. The van der Waals surface area contributed by atoms with Gasteiger partial charge >= 0.3 is 0 Å². The average molecular weight is 373 g/mol. The molecule has 1 aliphatic heterocycles. The maximum absolute atomic E-state index is 12.1. The monoisotopic (exact) mass is 372 g/mol. The van der Waals surface area contributed by atoms with E-state index < -0.39 is 5.60 Å². The van der Waals surface area contributed by atoms with Crippen LogP contribution in [-0.4, -0.2) is 11.4 Å². The van der Waals surface area contributed by atoms with Crippen molar-refractivity contribution in [3.8, 4) is 5.75 Å². The fourth-order valence-electron chi connectivity index (χ4n) is 2.34. The van der Waals surface area contributed by atoms with Gasteiger partial charge in [-0.05, 0) is 59.6 Å². The molecule has 0 saturated heterocycles. The highest BCUT2D eigenvalue weighted by atomic mass is 79.9. The molecule has 3 nitrogen and oxygen atoms in total. The standard InChI is InChI=1S/C19H17BrO3/c1-19(2)18(21)16(20)17(23-19)14-8-10-15(11-9-14)22-12-13-6-4-3-5-7-13/h3-11H,12H2,1-2H3. The van der Waals surface area contributed by atoms with Gasteiger partial charge in [-0.1, -0.05) is 30.3 Å². The van der Waals surface area contributed by atoms with Gasteiger partial charge in [-0.15, -0.1) is 0 Å². The molecule has 3 rings (SSSR count). The maximum atomic E-state index is 12.1. The van der Waals surface area contributed by atoms with Crippen LogP contribution >= 0.6 is 15.9 Å². The van der Waals surface area contributed by atoms with Crippen LogP contribution in [0.2, 0.25) is 0 Å². The van der Waals surface area contributed by atoms with Gasteiger partial charge in [0, 0.05) is 5.56 Å². The number of ether oxygens (including phenoxy) is 2. The van der Waals surface area contributed by atoms with Gasteiger partial charge in [0.1, 0.15) is 22.6 Å². The Balaban J connectivity index is 1.72. The third-order valence-electron chi connectivity index (χ3n) is 3.67. The summed E-state index contributed by atoms with van der Waals surface area (Å²) in [6, 6.07) is 17.6. The number of hydrogen-bond acceptors (Lipinski definition) is 3. The molecule has 2 aromatic carbocycles. The van der Waals surface area contributed by atoms with E-state index in [1.165, 1.54) is 0 Å². The van der Waals surface area contributed by atoms with Crippen LogP contribution in [0.25, 0.3) is 5.76 Å². The molecular weight excluding hydrogens is 356 g/mol. The van der Waals surface area contributed by atoms with Crippen LogP contribution in [0.4, 0.5) is 0 Å². The quantitative estimate of drug-likeness (QED) is 0.779. The third kappa shape index (κ3) is 3.32. The summed E-state index contributed by atoms with van der Waals surface area (Å²) in [6.45, 7) is 4.05. The predicted molar refractivity (Wildman–Crippen MR) is 93.2 cm³/mol. The Morgan fingerprint density at radius 2 is 1.70 bits per heavy atom. The van der Waals surface area contributed by atoms with Crippen LogP contribution in [0.3, 0.4) is 0 Å². The van der Waals surface area contributed by atoms with Crippen molar-refractivity contribution < 1.29 is 14.3 Å². The molecule has 2 aromatic rings. The van der Waals surface area contributed by atoms with E-state index in [2.05, 4.69) is 15.9 Å². The molecule has 0 spiro atoms. The summed E-state index contributed by atoms with van der Waals surface area (Å²) < 4.78 is 12.0. The molecule has 1 aliphatic rings. The van der Waals surface area contributed by atoms with Crippen molar-refractivity contribution in [3.63, 3.8) is 0 Å². The number of hydrogen-bond donors (Lipinski definition) is 0. The zero-order valence-electron chi connectivity index (χ0n) is 13.0. The lowest BCUT2D eigenvalue weighted by Gasteiger charge is -2.17. The Bertz CT molecular complexity index is 746.